The number of ether oxygens (including phenoxy) is 1. The summed E-state index contributed by atoms with van der Waals surface area (Å²) < 4.78 is 16.8. The first-order chi connectivity index (χ1) is 9.15. The zero-order valence-corrected chi connectivity index (χ0v) is 11.6. The number of non-ortho nitro benzene ring substituents is 1. The van der Waals surface area contributed by atoms with E-state index in [0.717, 1.165) is 19.5 Å². The number of hydrogen-bond acceptors (Lipinski definition) is 5. The number of benzene rings is 1. The van der Waals surface area contributed by atoms with Gasteiger partial charge in [0, 0.05) is 36.4 Å². The Bertz CT molecular complexity index is 422. The van der Waals surface area contributed by atoms with Gasteiger partial charge in [-0.05, 0) is 25.1 Å². The highest BCUT2D eigenvalue weighted by Crippen LogP contribution is 2.14. The van der Waals surface area contributed by atoms with Crippen LogP contribution in [-0.4, -0.2) is 41.7 Å². The third-order valence-corrected chi connectivity index (χ3v) is 3.93. The quantitative estimate of drug-likeness (QED) is 0.421. The maximum absolute atomic E-state index is 11.9. The Labute approximate surface area is 114 Å². The Kier molecular flexibility index (Phi) is 7.24. The molecule has 7 heteroatoms. The monoisotopic (exact) mass is 286 g/mol. The second-order valence-electron chi connectivity index (χ2n) is 3.90. The molecular formula is C12H18N2O4S. The van der Waals surface area contributed by atoms with Crippen molar-refractivity contribution >= 4 is 16.5 Å². The molecule has 0 spiro atoms. The van der Waals surface area contributed by atoms with Crippen LogP contribution >= 0.6 is 0 Å². The van der Waals surface area contributed by atoms with Crippen molar-refractivity contribution in [2.24, 2.45) is 0 Å². The number of nitrogens with zero attached hydrogens (tertiary/aromatic N) is 1. The number of nitro groups is 1. The van der Waals surface area contributed by atoms with Gasteiger partial charge in [0.25, 0.3) is 5.69 Å². The third kappa shape index (κ3) is 5.91. The van der Waals surface area contributed by atoms with E-state index in [2.05, 4.69) is 5.32 Å². The Morgan fingerprint density at radius 2 is 2.00 bits per heavy atom. The highest BCUT2D eigenvalue weighted by Gasteiger charge is 2.07. The number of hydrogen-bond donors (Lipinski definition) is 1. The summed E-state index contributed by atoms with van der Waals surface area (Å²) >= 11 is 0. The summed E-state index contributed by atoms with van der Waals surface area (Å²) in [6.45, 7) is 2.22. The predicted molar refractivity (Wildman–Crippen MR) is 73.7 cm³/mol. The average Bonchev–Trinajstić information content (AvgIpc) is 2.42. The molecule has 0 saturated carbocycles. The van der Waals surface area contributed by atoms with E-state index >= 15 is 0 Å². The van der Waals surface area contributed by atoms with Gasteiger partial charge in [-0.25, -0.2) is 0 Å². The SMILES string of the molecule is COCCNCCCS(=O)c1ccc([N+](=O)[O-])cc1. The molecule has 1 rings (SSSR count). The van der Waals surface area contributed by atoms with Crippen molar-refractivity contribution in [1.82, 2.24) is 5.32 Å². The topological polar surface area (TPSA) is 81.5 Å². The van der Waals surface area contributed by atoms with E-state index in [-0.39, 0.29) is 5.69 Å². The lowest BCUT2D eigenvalue weighted by Gasteiger charge is -2.04. The number of nitro benzene ring substituents is 1. The van der Waals surface area contributed by atoms with Gasteiger partial charge < -0.3 is 10.1 Å². The Hall–Kier alpha value is -1.31. The van der Waals surface area contributed by atoms with Gasteiger partial charge in [0.1, 0.15) is 0 Å². The highest BCUT2D eigenvalue weighted by molar-refractivity contribution is 7.85. The maximum atomic E-state index is 11.9. The molecule has 0 saturated heterocycles. The van der Waals surface area contributed by atoms with E-state index in [1.54, 1.807) is 19.2 Å². The van der Waals surface area contributed by atoms with Gasteiger partial charge in [-0.1, -0.05) is 0 Å². The van der Waals surface area contributed by atoms with Gasteiger partial charge in [-0.3, -0.25) is 14.3 Å². The number of nitrogens with one attached hydrogen (secondary N) is 1. The van der Waals surface area contributed by atoms with Crippen molar-refractivity contribution in [3.63, 3.8) is 0 Å². The molecule has 0 aliphatic heterocycles. The van der Waals surface area contributed by atoms with Crippen molar-refractivity contribution in [2.45, 2.75) is 11.3 Å². The third-order valence-electron chi connectivity index (χ3n) is 2.48. The van der Waals surface area contributed by atoms with Crippen molar-refractivity contribution in [3.8, 4) is 0 Å². The number of rotatable bonds is 9. The normalized spacial score (nSPS) is 12.3. The summed E-state index contributed by atoms with van der Waals surface area (Å²) in [5.41, 5.74) is 0.0157. The van der Waals surface area contributed by atoms with E-state index in [0.29, 0.717) is 17.3 Å². The smallest absolute Gasteiger partial charge is 0.269 e. The average molecular weight is 286 g/mol. The van der Waals surface area contributed by atoms with Gasteiger partial charge in [-0.2, -0.15) is 0 Å². The van der Waals surface area contributed by atoms with Crippen molar-refractivity contribution in [3.05, 3.63) is 34.4 Å². The molecule has 0 radical (unpaired) electrons. The lowest BCUT2D eigenvalue weighted by Crippen LogP contribution is -2.21. The van der Waals surface area contributed by atoms with Crippen LogP contribution in [0.3, 0.4) is 0 Å². The Morgan fingerprint density at radius 3 is 2.58 bits per heavy atom. The standard InChI is InChI=1S/C12H18N2O4S/c1-18-9-8-13-7-2-10-19(17)12-5-3-11(4-6-12)14(15)16/h3-6,13H,2,7-10H2,1H3. The first-order valence-corrected chi connectivity index (χ1v) is 7.29. The first-order valence-electron chi connectivity index (χ1n) is 5.97. The predicted octanol–water partition coefficient (Wildman–Crippen LogP) is 1.33. The van der Waals surface area contributed by atoms with Crippen molar-refractivity contribution < 1.29 is 13.9 Å². The second kappa shape index (κ2) is 8.73. The molecule has 0 aromatic heterocycles. The molecule has 1 aromatic carbocycles. The molecule has 1 aromatic rings. The van der Waals surface area contributed by atoms with Crippen LogP contribution in [-0.2, 0) is 15.5 Å². The van der Waals surface area contributed by atoms with Crippen molar-refractivity contribution in [2.75, 3.05) is 32.6 Å². The highest BCUT2D eigenvalue weighted by atomic mass is 32.2. The van der Waals surface area contributed by atoms with Crippen molar-refractivity contribution in [1.29, 1.82) is 0 Å². The Balaban J connectivity index is 2.31. The van der Waals surface area contributed by atoms with E-state index in [1.807, 2.05) is 0 Å². The van der Waals surface area contributed by atoms with Crippen LogP contribution in [0.4, 0.5) is 5.69 Å². The molecule has 0 heterocycles. The molecule has 19 heavy (non-hydrogen) atoms. The molecule has 0 fully saturated rings. The fourth-order valence-corrected chi connectivity index (χ4v) is 2.55. The van der Waals surface area contributed by atoms with E-state index < -0.39 is 15.7 Å². The van der Waals surface area contributed by atoms with Gasteiger partial charge in [-0.15, -0.1) is 0 Å². The molecule has 6 nitrogen and oxygen atoms in total. The molecule has 0 bridgehead atoms. The minimum absolute atomic E-state index is 0.0157. The van der Waals surface area contributed by atoms with Crippen LogP contribution < -0.4 is 5.32 Å². The first kappa shape index (κ1) is 15.7. The van der Waals surface area contributed by atoms with Gasteiger partial charge in [0.05, 0.1) is 22.3 Å². The molecule has 1 atom stereocenters. The number of methoxy groups -OCH3 is 1. The Morgan fingerprint density at radius 1 is 1.32 bits per heavy atom. The fourth-order valence-electron chi connectivity index (χ4n) is 1.46. The minimum atomic E-state index is -1.11. The second-order valence-corrected chi connectivity index (χ2v) is 5.47. The summed E-state index contributed by atoms with van der Waals surface area (Å²) in [7, 11) is 0.538. The summed E-state index contributed by atoms with van der Waals surface area (Å²) in [5.74, 6) is 0.539. The zero-order valence-electron chi connectivity index (χ0n) is 10.8. The van der Waals surface area contributed by atoms with E-state index in [4.69, 9.17) is 4.74 Å². The molecule has 0 amide bonds. The molecule has 1 unspecified atom stereocenters. The minimum Gasteiger partial charge on any atom is -0.383 e. The fraction of sp³-hybridized carbons (Fsp3) is 0.500. The molecule has 1 N–H and O–H groups in total. The van der Waals surface area contributed by atoms with Crippen LogP contribution in [0.1, 0.15) is 6.42 Å². The summed E-state index contributed by atoms with van der Waals surface area (Å²) in [6, 6.07) is 5.85. The lowest BCUT2D eigenvalue weighted by molar-refractivity contribution is -0.384. The summed E-state index contributed by atoms with van der Waals surface area (Å²) in [5, 5.41) is 13.7. The largest absolute Gasteiger partial charge is 0.383 e. The molecule has 0 aliphatic carbocycles. The maximum Gasteiger partial charge on any atom is 0.269 e. The van der Waals surface area contributed by atoms with Crippen LogP contribution in [0.25, 0.3) is 0 Å². The van der Waals surface area contributed by atoms with Crippen LogP contribution in [0, 0.1) is 10.1 Å². The summed E-state index contributed by atoms with van der Waals surface area (Å²) in [6.07, 6.45) is 0.785. The van der Waals surface area contributed by atoms with E-state index in [9.17, 15) is 14.3 Å². The van der Waals surface area contributed by atoms with Gasteiger partial charge in [0.2, 0.25) is 0 Å². The summed E-state index contributed by atoms with van der Waals surface area (Å²) in [4.78, 5) is 10.7. The molecule has 106 valence electrons. The molecule has 0 aliphatic rings. The van der Waals surface area contributed by atoms with Gasteiger partial charge in [0.15, 0.2) is 0 Å². The van der Waals surface area contributed by atoms with Crippen LogP contribution in [0.5, 0.6) is 0 Å². The lowest BCUT2D eigenvalue weighted by atomic mass is 10.3. The van der Waals surface area contributed by atoms with Crippen LogP contribution in [0.15, 0.2) is 29.2 Å². The van der Waals surface area contributed by atoms with Gasteiger partial charge >= 0.3 is 0 Å². The van der Waals surface area contributed by atoms with Crippen LogP contribution in [0.2, 0.25) is 0 Å². The zero-order chi connectivity index (χ0) is 14.1. The molecular weight excluding hydrogens is 268 g/mol. The van der Waals surface area contributed by atoms with E-state index in [1.165, 1.54) is 12.1 Å².